The van der Waals surface area contributed by atoms with Crippen LogP contribution in [0.15, 0.2) is 67.0 Å². The predicted molar refractivity (Wildman–Crippen MR) is 120 cm³/mol. The summed E-state index contributed by atoms with van der Waals surface area (Å²) in [6.45, 7) is 2.63. The molecule has 31 heavy (non-hydrogen) atoms. The molecule has 1 N–H and O–H groups in total. The van der Waals surface area contributed by atoms with Crippen molar-refractivity contribution in [3.63, 3.8) is 0 Å². The van der Waals surface area contributed by atoms with Crippen LogP contribution in [0.3, 0.4) is 0 Å². The lowest BCUT2D eigenvalue weighted by atomic mass is 10.2. The molecule has 4 rings (SSSR count). The zero-order chi connectivity index (χ0) is 21.8. The van der Waals surface area contributed by atoms with Crippen LogP contribution < -0.4 is 10.1 Å². The van der Waals surface area contributed by atoms with Crippen LogP contribution in [0.5, 0.6) is 5.75 Å². The highest BCUT2D eigenvalue weighted by molar-refractivity contribution is 6.30. The first-order valence-corrected chi connectivity index (χ1v) is 10.2. The summed E-state index contributed by atoms with van der Waals surface area (Å²) in [5.41, 5.74) is 2.20. The number of aryl methyl sites for hydroxylation is 1. The summed E-state index contributed by atoms with van der Waals surface area (Å²) in [6.07, 6.45) is 3.47. The van der Waals surface area contributed by atoms with Gasteiger partial charge in [0.05, 0.1) is 6.54 Å². The SMILES string of the molecule is Cc1cc(Cl)ccc1OCn1ccc(C(=O)Nc2ccn(Cc3cccc(Cl)c3)n2)n1. The van der Waals surface area contributed by atoms with Crippen molar-refractivity contribution in [2.24, 2.45) is 0 Å². The molecule has 0 aliphatic rings. The standard InChI is InChI=1S/C22H19Cl2N5O2/c1-15-11-18(24)5-6-20(15)31-14-29-9-7-19(26-29)22(30)25-21-8-10-28(27-21)13-16-3-2-4-17(23)12-16/h2-12H,13-14H2,1H3,(H,25,27,30). The van der Waals surface area contributed by atoms with Gasteiger partial charge in [-0.15, -0.1) is 0 Å². The lowest BCUT2D eigenvalue weighted by molar-refractivity contribution is 0.101. The highest BCUT2D eigenvalue weighted by Crippen LogP contribution is 2.22. The Morgan fingerprint density at radius 3 is 2.61 bits per heavy atom. The summed E-state index contributed by atoms with van der Waals surface area (Å²) in [5, 5.41) is 12.7. The molecule has 2 aromatic heterocycles. The molecule has 0 radical (unpaired) electrons. The Bertz CT molecular complexity index is 1220. The second kappa shape index (κ2) is 9.24. The van der Waals surface area contributed by atoms with Gasteiger partial charge in [-0.3, -0.25) is 9.48 Å². The van der Waals surface area contributed by atoms with Gasteiger partial charge in [-0.05, 0) is 54.4 Å². The third-order valence-electron chi connectivity index (χ3n) is 4.48. The largest absolute Gasteiger partial charge is 0.471 e. The van der Waals surface area contributed by atoms with Crippen LogP contribution in [0.25, 0.3) is 0 Å². The molecule has 9 heteroatoms. The molecule has 0 aliphatic carbocycles. The summed E-state index contributed by atoms with van der Waals surface area (Å²) in [6, 6.07) is 16.3. The Kier molecular flexibility index (Phi) is 6.25. The van der Waals surface area contributed by atoms with Crippen LogP contribution >= 0.6 is 23.2 Å². The van der Waals surface area contributed by atoms with Gasteiger partial charge in [-0.2, -0.15) is 10.2 Å². The van der Waals surface area contributed by atoms with Gasteiger partial charge in [0, 0.05) is 28.5 Å². The van der Waals surface area contributed by atoms with E-state index in [2.05, 4.69) is 15.5 Å². The van der Waals surface area contributed by atoms with E-state index in [9.17, 15) is 4.79 Å². The maximum Gasteiger partial charge on any atom is 0.277 e. The van der Waals surface area contributed by atoms with Gasteiger partial charge in [0.1, 0.15) is 5.75 Å². The Morgan fingerprint density at radius 2 is 1.81 bits per heavy atom. The maximum atomic E-state index is 12.5. The molecule has 4 aromatic rings. The quantitative estimate of drug-likeness (QED) is 0.423. The Balaban J connectivity index is 1.34. The van der Waals surface area contributed by atoms with E-state index in [1.54, 1.807) is 46.0 Å². The van der Waals surface area contributed by atoms with Gasteiger partial charge >= 0.3 is 0 Å². The fourth-order valence-electron chi connectivity index (χ4n) is 2.98. The molecule has 7 nitrogen and oxygen atoms in total. The number of carbonyl (C=O) groups excluding carboxylic acids is 1. The van der Waals surface area contributed by atoms with Crippen molar-refractivity contribution in [1.82, 2.24) is 19.6 Å². The van der Waals surface area contributed by atoms with E-state index in [4.69, 9.17) is 27.9 Å². The minimum Gasteiger partial charge on any atom is -0.471 e. The number of nitrogens with one attached hydrogen (secondary N) is 1. The molecule has 1 amide bonds. The van der Waals surface area contributed by atoms with Crippen molar-refractivity contribution < 1.29 is 9.53 Å². The topological polar surface area (TPSA) is 74.0 Å². The second-order valence-electron chi connectivity index (χ2n) is 6.91. The Labute approximate surface area is 189 Å². The first-order chi connectivity index (χ1) is 15.0. The molecule has 0 atom stereocenters. The fourth-order valence-corrected chi connectivity index (χ4v) is 3.42. The van der Waals surface area contributed by atoms with Crippen molar-refractivity contribution in [2.45, 2.75) is 20.2 Å². The first-order valence-electron chi connectivity index (χ1n) is 9.48. The van der Waals surface area contributed by atoms with E-state index in [1.165, 1.54) is 0 Å². The zero-order valence-electron chi connectivity index (χ0n) is 16.6. The third-order valence-corrected chi connectivity index (χ3v) is 4.95. The summed E-state index contributed by atoms with van der Waals surface area (Å²) < 4.78 is 9.01. The smallest absolute Gasteiger partial charge is 0.277 e. The van der Waals surface area contributed by atoms with Gasteiger partial charge in [0.15, 0.2) is 18.2 Å². The molecule has 0 aliphatic heterocycles. The average molecular weight is 456 g/mol. The van der Waals surface area contributed by atoms with Gasteiger partial charge in [-0.1, -0.05) is 35.3 Å². The molecule has 0 bridgehead atoms. The van der Waals surface area contributed by atoms with Crippen LogP contribution in [-0.4, -0.2) is 25.5 Å². The minimum absolute atomic E-state index is 0.171. The van der Waals surface area contributed by atoms with E-state index in [0.29, 0.717) is 28.2 Å². The van der Waals surface area contributed by atoms with Gasteiger partial charge < -0.3 is 10.1 Å². The van der Waals surface area contributed by atoms with E-state index in [-0.39, 0.29) is 18.3 Å². The van der Waals surface area contributed by atoms with E-state index in [1.807, 2.05) is 37.3 Å². The van der Waals surface area contributed by atoms with Crippen LogP contribution in [0, 0.1) is 6.92 Å². The lowest BCUT2D eigenvalue weighted by Gasteiger charge is -2.09. The predicted octanol–water partition coefficient (Wildman–Crippen LogP) is 5.03. The third kappa shape index (κ3) is 5.45. The number of rotatable bonds is 7. The van der Waals surface area contributed by atoms with Crippen molar-refractivity contribution >= 4 is 34.9 Å². The molecular weight excluding hydrogens is 437 g/mol. The highest BCUT2D eigenvalue weighted by atomic mass is 35.5. The molecule has 2 aromatic carbocycles. The summed E-state index contributed by atoms with van der Waals surface area (Å²) >= 11 is 12.0. The number of hydrogen-bond acceptors (Lipinski definition) is 4. The molecule has 2 heterocycles. The average Bonchev–Trinajstić information content (AvgIpc) is 3.37. The normalized spacial score (nSPS) is 10.8. The van der Waals surface area contributed by atoms with Crippen molar-refractivity contribution in [3.8, 4) is 5.75 Å². The summed E-state index contributed by atoms with van der Waals surface area (Å²) in [4.78, 5) is 12.5. The van der Waals surface area contributed by atoms with Gasteiger partial charge in [0.25, 0.3) is 5.91 Å². The molecule has 0 fully saturated rings. The van der Waals surface area contributed by atoms with Crippen molar-refractivity contribution in [3.05, 3.63) is 93.9 Å². The number of aromatic nitrogens is 4. The number of nitrogens with zero attached hydrogens (tertiary/aromatic N) is 4. The van der Waals surface area contributed by atoms with Gasteiger partial charge in [0.2, 0.25) is 0 Å². The number of carbonyl (C=O) groups is 1. The van der Waals surface area contributed by atoms with Crippen LogP contribution in [0.1, 0.15) is 21.6 Å². The lowest BCUT2D eigenvalue weighted by Crippen LogP contribution is -2.15. The van der Waals surface area contributed by atoms with Crippen LogP contribution in [0.4, 0.5) is 5.82 Å². The minimum atomic E-state index is -0.352. The van der Waals surface area contributed by atoms with E-state index < -0.39 is 0 Å². The number of ether oxygens (including phenoxy) is 1. The second-order valence-corrected chi connectivity index (χ2v) is 7.78. The Morgan fingerprint density at radius 1 is 1.00 bits per heavy atom. The Hall–Kier alpha value is -3.29. The number of anilines is 1. The van der Waals surface area contributed by atoms with Crippen LogP contribution in [0.2, 0.25) is 10.0 Å². The molecule has 0 spiro atoms. The maximum absolute atomic E-state index is 12.5. The molecule has 158 valence electrons. The first kappa shape index (κ1) is 21.0. The van der Waals surface area contributed by atoms with E-state index in [0.717, 1.165) is 11.1 Å². The van der Waals surface area contributed by atoms with Crippen LogP contribution in [-0.2, 0) is 13.3 Å². The van der Waals surface area contributed by atoms with E-state index >= 15 is 0 Å². The fraction of sp³-hybridized carbons (Fsp3) is 0.136. The number of halogens is 2. The zero-order valence-corrected chi connectivity index (χ0v) is 18.1. The molecule has 0 unspecified atom stereocenters. The van der Waals surface area contributed by atoms with Crippen molar-refractivity contribution in [2.75, 3.05) is 5.32 Å². The van der Waals surface area contributed by atoms with Gasteiger partial charge in [-0.25, -0.2) is 4.68 Å². The highest BCUT2D eigenvalue weighted by Gasteiger charge is 2.12. The summed E-state index contributed by atoms with van der Waals surface area (Å²) in [7, 11) is 0. The van der Waals surface area contributed by atoms with Crippen molar-refractivity contribution in [1.29, 1.82) is 0 Å². The number of amides is 1. The summed E-state index contributed by atoms with van der Waals surface area (Å²) in [5.74, 6) is 0.792. The molecule has 0 saturated heterocycles. The molecule has 0 saturated carbocycles. The monoisotopic (exact) mass is 455 g/mol. The number of hydrogen-bond donors (Lipinski definition) is 1. The molecular formula is C22H19Cl2N5O2. The number of benzene rings is 2.